The van der Waals surface area contributed by atoms with Crippen LogP contribution in [0.5, 0.6) is 0 Å². The van der Waals surface area contributed by atoms with Gasteiger partial charge in [0.05, 0.1) is 0 Å². The van der Waals surface area contributed by atoms with Crippen molar-refractivity contribution < 1.29 is 0 Å². The van der Waals surface area contributed by atoms with E-state index >= 15 is 0 Å². The second-order valence-electron chi connectivity index (χ2n) is 1.39. The molecule has 0 atom stereocenters. The quantitative estimate of drug-likeness (QED) is 0.477. The lowest BCUT2D eigenvalue weighted by atomic mass is 10.7. The van der Waals surface area contributed by atoms with E-state index in [-0.39, 0.29) is 0 Å². The molecule has 0 saturated carbocycles. The lowest BCUT2D eigenvalue weighted by Gasteiger charge is -1.79. The summed E-state index contributed by atoms with van der Waals surface area (Å²) >= 11 is 0. The number of nitrogens with zero attached hydrogens (tertiary/aromatic N) is 1. The Hall–Kier alpha value is -0.573. The van der Waals surface area contributed by atoms with Crippen LogP contribution < -0.4 is 0 Å². The van der Waals surface area contributed by atoms with Gasteiger partial charge in [-0.25, -0.2) is 4.98 Å². The fourth-order valence-corrected chi connectivity index (χ4v) is 0.878. The van der Waals surface area contributed by atoms with Crippen molar-refractivity contribution in [2.75, 3.05) is 0 Å². The van der Waals surface area contributed by atoms with Crippen molar-refractivity contribution in [2.45, 2.75) is 6.04 Å². The smallest absolute Gasteiger partial charge is 0.102 e. The largest absolute Gasteiger partial charge is 0.349 e. The van der Waals surface area contributed by atoms with Crippen molar-refractivity contribution in [3.63, 3.8) is 0 Å². The summed E-state index contributed by atoms with van der Waals surface area (Å²) in [5, 5.41) is 0. The molecule has 0 bridgehead atoms. The van der Waals surface area contributed by atoms with Gasteiger partial charge in [-0.1, -0.05) is 0 Å². The Morgan fingerprint density at radius 1 is 1.86 bits per heavy atom. The lowest BCUT2D eigenvalue weighted by molar-refractivity contribution is 1.11. The maximum Gasteiger partial charge on any atom is 0.102 e. The van der Waals surface area contributed by atoms with E-state index in [2.05, 4.69) is 9.97 Å². The predicted octanol–water partition coefficient (Wildman–Crippen LogP) is -0.725. The van der Waals surface area contributed by atoms with Crippen LogP contribution in [0.25, 0.3) is 0 Å². The van der Waals surface area contributed by atoms with Gasteiger partial charge in [-0.05, 0) is 6.04 Å². The fourth-order valence-electron chi connectivity index (χ4n) is 0.491. The first-order valence-electron chi connectivity index (χ1n) is 2.41. The highest BCUT2D eigenvalue weighted by molar-refractivity contribution is 6.07. The number of aromatic amines is 1. The Labute approximate surface area is 45.4 Å². The molecule has 0 amide bonds. The van der Waals surface area contributed by atoms with Crippen molar-refractivity contribution in [3.05, 3.63) is 18.2 Å². The fraction of sp³-hybridized carbons (Fsp3) is 0.250. The molecule has 2 nitrogen and oxygen atoms in total. The summed E-state index contributed by atoms with van der Waals surface area (Å²) in [5.74, 6) is 1.12. The molecule has 0 aromatic carbocycles. The molecule has 0 unspecified atom stereocenters. The Bertz CT molecular complexity index is 124. The molecule has 3 heteroatoms. The van der Waals surface area contributed by atoms with Gasteiger partial charge in [0.2, 0.25) is 0 Å². The van der Waals surface area contributed by atoms with E-state index in [1.54, 1.807) is 6.20 Å². The van der Waals surface area contributed by atoms with Gasteiger partial charge in [0.25, 0.3) is 0 Å². The van der Waals surface area contributed by atoms with Crippen LogP contribution in [0.4, 0.5) is 0 Å². The van der Waals surface area contributed by atoms with Gasteiger partial charge in [0.1, 0.15) is 5.82 Å². The number of hydrogen-bond donors (Lipinski definition) is 1. The Morgan fingerprint density at radius 3 is 3.00 bits per heavy atom. The zero-order chi connectivity index (χ0) is 5.11. The minimum absolute atomic E-state index is 1.12. The van der Waals surface area contributed by atoms with E-state index < -0.39 is 0 Å². The number of nitrogens with one attached hydrogen (secondary N) is 1. The molecule has 1 heterocycles. The lowest BCUT2D eigenvalue weighted by Crippen LogP contribution is -1.83. The summed E-state index contributed by atoms with van der Waals surface area (Å²) in [6, 6.07) is 1.13. The van der Waals surface area contributed by atoms with Crippen LogP contribution in [0.2, 0.25) is 0 Å². The number of hydrogen-bond acceptors (Lipinski definition) is 1. The molecular weight excluding hydrogens is 104 g/mol. The average Bonchev–Trinajstić information content (AvgIpc) is 2.14. The van der Waals surface area contributed by atoms with Gasteiger partial charge in [-0.15, -0.1) is 0 Å². The van der Waals surface area contributed by atoms with Crippen LogP contribution >= 0.6 is 0 Å². The molecule has 38 valence electrons. The monoisotopic (exact) mass is 112 g/mol. The Kier molecular flexibility index (Phi) is 1.26. The van der Waals surface area contributed by atoms with Gasteiger partial charge >= 0.3 is 0 Å². The molecule has 0 aliphatic heterocycles. The Balaban J connectivity index is 2.76. The third-order valence-electron chi connectivity index (χ3n) is 0.890. The number of H-pyrrole nitrogens is 1. The van der Waals surface area contributed by atoms with Crippen molar-refractivity contribution in [1.29, 1.82) is 0 Å². The van der Waals surface area contributed by atoms with E-state index in [1.165, 1.54) is 10.2 Å². The summed E-state index contributed by atoms with van der Waals surface area (Å²) in [4.78, 5) is 7.02. The highest BCUT2D eigenvalue weighted by atomic mass is 28.1. The van der Waals surface area contributed by atoms with E-state index in [1.807, 2.05) is 6.20 Å². The van der Waals surface area contributed by atoms with Crippen LogP contribution in [-0.4, -0.2) is 20.2 Å². The van der Waals surface area contributed by atoms with Crippen molar-refractivity contribution in [2.24, 2.45) is 0 Å². The molecule has 0 saturated heterocycles. The molecule has 0 radical (unpaired) electrons. The predicted molar refractivity (Wildman–Crippen MR) is 32.2 cm³/mol. The maximum absolute atomic E-state index is 4.01. The topological polar surface area (TPSA) is 28.7 Å². The van der Waals surface area contributed by atoms with E-state index in [9.17, 15) is 0 Å². The molecule has 1 N–H and O–H groups in total. The standard InChI is InChI=1S/C4H8N2Si/c7-3-4-5-1-2-6-4/h1-2H,3H2,7H3,(H,5,6). The first-order chi connectivity index (χ1) is 3.43. The first kappa shape index (κ1) is 4.58. The van der Waals surface area contributed by atoms with Crippen molar-refractivity contribution >= 4 is 10.2 Å². The van der Waals surface area contributed by atoms with Gasteiger partial charge < -0.3 is 4.98 Å². The summed E-state index contributed by atoms with van der Waals surface area (Å²) in [5.41, 5.74) is 0. The van der Waals surface area contributed by atoms with Gasteiger partial charge in [-0.2, -0.15) is 0 Å². The third-order valence-corrected chi connectivity index (χ3v) is 1.56. The summed E-state index contributed by atoms with van der Waals surface area (Å²) in [6.45, 7) is 0. The van der Waals surface area contributed by atoms with Crippen molar-refractivity contribution in [3.8, 4) is 0 Å². The molecule has 1 aromatic heterocycles. The minimum Gasteiger partial charge on any atom is -0.349 e. The SMILES string of the molecule is [SiH3]Cc1ncc[nH]1. The van der Waals surface area contributed by atoms with Crippen LogP contribution in [0.1, 0.15) is 5.82 Å². The molecule has 1 rings (SSSR count). The zero-order valence-electron chi connectivity index (χ0n) is 4.31. The number of aromatic nitrogens is 2. The highest BCUT2D eigenvalue weighted by Crippen LogP contribution is 1.83. The number of rotatable bonds is 1. The second-order valence-corrected chi connectivity index (χ2v) is 2.10. The van der Waals surface area contributed by atoms with Crippen molar-refractivity contribution in [1.82, 2.24) is 9.97 Å². The van der Waals surface area contributed by atoms with Crippen LogP contribution in [-0.2, 0) is 6.04 Å². The molecule has 0 aliphatic rings. The second kappa shape index (κ2) is 1.93. The van der Waals surface area contributed by atoms with Gasteiger partial charge in [-0.3, -0.25) is 0 Å². The first-order valence-corrected chi connectivity index (χ1v) is 3.83. The molecule has 7 heavy (non-hydrogen) atoms. The normalized spacial score (nSPS) is 9.71. The molecule has 1 aromatic rings. The summed E-state index contributed by atoms with van der Waals surface area (Å²) in [6.07, 6.45) is 3.64. The molecular formula is C4H8N2Si. The summed E-state index contributed by atoms with van der Waals surface area (Å²) in [7, 11) is 1.20. The summed E-state index contributed by atoms with van der Waals surface area (Å²) < 4.78 is 0. The third kappa shape index (κ3) is 0.897. The highest BCUT2D eigenvalue weighted by Gasteiger charge is 1.82. The van der Waals surface area contributed by atoms with Crippen LogP contribution in [0.3, 0.4) is 0 Å². The van der Waals surface area contributed by atoms with Crippen LogP contribution in [0, 0.1) is 0 Å². The van der Waals surface area contributed by atoms with E-state index in [0.717, 1.165) is 11.9 Å². The average molecular weight is 112 g/mol. The molecule has 0 spiro atoms. The Morgan fingerprint density at radius 2 is 2.71 bits per heavy atom. The van der Waals surface area contributed by atoms with E-state index in [4.69, 9.17) is 0 Å². The van der Waals surface area contributed by atoms with Gasteiger partial charge in [0, 0.05) is 22.6 Å². The van der Waals surface area contributed by atoms with Gasteiger partial charge in [0.15, 0.2) is 0 Å². The number of imidazole rings is 1. The molecule has 0 fully saturated rings. The minimum atomic E-state index is 1.12. The van der Waals surface area contributed by atoms with E-state index in [0.29, 0.717) is 0 Å². The molecule has 0 aliphatic carbocycles. The maximum atomic E-state index is 4.01. The zero-order valence-corrected chi connectivity index (χ0v) is 6.31. The van der Waals surface area contributed by atoms with Crippen LogP contribution in [0.15, 0.2) is 12.4 Å².